The third-order valence-corrected chi connectivity index (χ3v) is 7.28. The van der Waals surface area contributed by atoms with Gasteiger partial charge in [0.25, 0.3) is 5.56 Å². The summed E-state index contributed by atoms with van der Waals surface area (Å²) >= 11 is 0.656. The Balaban J connectivity index is 1.76. The highest BCUT2D eigenvalue weighted by molar-refractivity contribution is 7.99. The van der Waals surface area contributed by atoms with E-state index in [2.05, 4.69) is 0 Å². The van der Waals surface area contributed by atoms with Crippen LogP contribution in [0.1, 0.15) is 11.1 Å². The van der Waals surface area contributed by atoms with E-state index < -0.39 is 34.5 Å². The largest absolute Gasteiger partial charge is 0.505 e. The normalized spacial score (nSPS) is 11.8. The first-order valence-electron chi connectivity index (χ1n) is 11.6. The van der Waals surface area contributed by atoms with Gasteiger partial charge in [-0.05, 0) is 48.0 Å². The summed E-state index contributed by atoms with van der Waals surface area (Å²) in [5, 5.41) is 11.1. The molecule has 0 aliphatic carbocycles. The quantitative estimate of drug-likeness (QED) is 0.191. The molecule has 0 atom stereocenters. The van der Waals surface area contributed by atoms with Crippen molar-refractivity contribution in [3.05, 3.63) is 98.4 Å². The highest BCUT2D eigenvalue weighted by atomic mass is 32.2. The second-order valence-electron chi connectivity index (χ2n) is 8.64. The summed E-state index contributed by atoms with van der Waals surface area (Å²) in [5.41, 5.74) is -1.97. The average molecular weight is 574 g/mol. The van der Waals surface area contributed by atoms with E-state index in [0.29, 0.717) is 17.3 Å². The fourth-order valence-corrected chi connectivity index (χ4v) is 5.09. The van der Waals surface area contributed by atoms with Gasteiger partial charge in [0.1, 0.15) is 16.1 Å². The summed E-state index contributed by atoms with van der Waals surface area (Å²) in [6.45, 7) is -0.0407. The Hall–Kier alpha value is -4.45. The number of hydrogen-bond donors (Lipinski definition) is 1. The Morgan fingerprint density at radius 1 is 0.950 bits per heavy atom. The number of rotatable bonds is 6. The van der Waals surface area contributed by atoms with Crippen molar-refractivity contribution in [2.45, 2.75) is 22.5 Å². The molecule has 40 heavy (non-hydrogen) atoms. The van der Waals surface area contributed by atoms with Crippen molar-refractivity contribution in [1.82, 2.24) is 4.57 Å². The lowest BCUT2D eigenvalue weighted by molar-refractivity contribution is -0.137. The average Bonchev–Trinajstić information content (AvgIpc) is 2.93. The van der Waals surface area contributed by atoms with Crippen LogP contribution in [0, 0.1) is 5.82 Å². The molecule has 7 nitrogen and oxygen atoms in total. The molecule has 3 aromatic carbocycles. The molecule has 1 N–H and O–H groups in total. The summed E-state index contributed by atoms with van der Waals surface area (Å²) in [6.07, 6.45) is -4.55. The van der Waals surface area contributed by atoms with Crippen LogP contribution in [0.15, 0.2) is 84.5 Å². The highest BCUT2D eigenvalue weighted by Gasteiger charge is 2.30. The van der Waals surface area contributed by atoms with Crippen LogP contribution in [0.2, 0.25) is 0 Å². The van der Waals surface area contributed by atoms with Crippen molar-refractivity contribution < 1.29 is 36.6 Å². The molecular weight excluding hydrogens is 554 g/mol. The number of hydrogen-bond acceptors (Lipinski definition) is 7. The van der Waals surface area contributed by atoms with Gasteiger partial charge in [-0.15, -0.1) is 0 Å². The molecule has 206 valence electrons. The molecule has 0 radical (unpaired) electrons. The number of pyridine rings is 1. The van der Waals surface area contributed by atoms with Crippen LogP contribution in [0.4, 0.5) is 17.6 Å². The zero-order chi connectivity index (χ0) is 28.8. The maximum Gasteiger partial charge on any atom is 0.416 e. The number of nitrogens with zero attached hydrogens (tertiary/aromatic N) is 1. The van der Waals surface area contributed by atoms with E-state index in [-0.39, 0.29) is 49.7 Å². The summed E-state index contributed by atoms with van der Waals surface area (Å²) in [7, 11) is 2.80. The Kier molecular flexibility index (Phi) is 6.96. The van der Waals surface area contributed by atoms with E-state index in [1.807, 2.05) is 0 Å². The predicted molar refractivity (Wildman–Crippen MR) is 140 cm³/mol. The smallest absolute Gasteiger partial charge is 0.416 e. The molecule has 0 unspecified atom stereocenters. The van der Waals surface area contributed by atoms with Gasteiger partial charge in [-0.2, -0.15) is 13.2 Å². The van der Waals surface area contributed by atoms with Crippen molar-refractivity contribution in [3.63, 3.8) is 0 Å². The van der Waals surface area contributed by atoms with Gasteiger partial charge >= 0.3 is 11.8 Å². The first kappa shape index (κ1) is 27.1. The zero-order valence-electron chi connectivity index (χ0n) is 20.8. The standard InChI is InChI=1S/C28H19F4NO6S/c1-37-20-11-18-19(12-21(20)38-2)33(13-14-3-7-16(29)8-4-14)26(35)22-23(34)25(27(36)39-24(18)22)40-17-9-5-15(6-10-17)28(30,31)32/h3-12,34H,13H2,1-2H3. The highest BCUT2D eigenvalue weighted by Crippen LogP contribution is 2.40. The van der Waals surface area contributed by atoms with Gasteiger partial charge in [-0.1, -0.05) is 23.9 Å². The lowest BCUT2D eigenvalue weighted by atomic mass is 10.1. The van der Waals surface area contributed by atoms with Gasteiger partial charge in [-0.3, -0.25) is 4.79 Å². The molecule has 5 rings (SSSR count). The van der Waals surface area contributed by atoms with Crippen LogP contribution >= 0.6 is 11.8 Å². The molecule has 0 bridgehead atoms. The van der Waals surface area contributed by atoms with Crippen LogP contribution in [0.25, 0.3) is 21.9 Å². The molecule has 2 aromatic heterocycles. The van der Waals surface area contributed by atoms with E-state index >= 15 is 0 Å². The zero-order valence-corrected chi connectivity index (χ0v) is 21.7. The van der Waals surface area contributed by atoms with Crippen LogP contribution in [0.5, 0.6) is 17.2 Å². The third-order valence-electron chi connectivity index (χ3n) is 6.21. The van der Waals surface area contributed by atoms with Crippen LogP contribution in [0.3, 0.4) is 0 Å². The van der Waals surface area contributed by atoms with Gasteiger partial charge in [0.05, 0.1) is 31.8 Å². The lowest BCUT2D eigenvalue weighted by Gasteiger charge is -2.16. The minimum Gasteiger partial charge on any atom is -0.505 e. The Labute approximate surface area is 227 Å². The molecule has 0 fully saturated rings. The van der Waals surface area contributed by atoms with Gasteiger partial charge in [0, 0.05) is 16.3 Å². The van der Waals surface area contributed by atoms with E-state index in [1.165, 1.54) is 55.2 Å². The maximum absolute atomic E-state index is 13.8. The summed E-state index contributed by atoms with van der Waals surface area (Å²) < 4.78 is 70.0. The van der Waals surface area contributed by atoms with Gasteiger partial charge in [-0.25, -0.2) is 9.18 Å². The first-order chi connectivity index (χ1) is 19.0. The molecule has 2 heterocycles. The van der Waals surface area contributed by atoms with Gasteiger partial charge < -0.3 is 23.6 Å². The van der Waals surface area contributed by atoms with Gasteiger partial charge in [0.2, 0.25) is 0 Å². The van der Waals surface area contributed by atoms with E-state index in [1.54, 1.807) is 0 Å². The monoisotopic (exact) mass is 573 g/mol. The summed E-state index contributed by atoms with van der Waals surface area (Å²) in [6, 6.07) is 12.4. The summed E-state index contributed by atoms with van der Waals surface area (Å²) in [5.74, 6) is -0.614. The molecular formula is C28H19F4NO6S. The van der Waals surface area contributed by atoms with E-state index in [0.717, 1.165) is 24.3 Å². The third kappa shape index (κ3) is 4.86. The van der Waals surface area contributed by atoms with Crippen molar-refractivity contribution in [3.8, 4) is 17.2 Å². The topological polar surface area (TPSA) is 90.9 Å². The Morgan fingerprint density at radius 2 is 1.57 bits per heavy atom. The Bertz CT molecular complexity index is 1860. The van der Waals surface area contributed by atoms with E-state index in [9.17, 15) is 32.3 Å². The van der Waals surface area contributed by atoms with Gasteiger partial charge in [0.15, 0.2) is 22.8 Å². The number of aromatic nitrogens is 1. The maximum atomic E-state index is 13.8. The number of halogens is 4. The fourth-order valence-electron chi connectivity index (χ4n) is 4.26. The fraction of sp³-hybridized carbons (Fsp3) is 0.143. The molecule has 0 aliphatic rings. The number of ether oxygens (including phenoxy) is 2. The van der Waals surface area contributed by atoms with Crippen LogP contribution < -0.4 is 20.7 Å². The first-order valence-corrected chi connectivity index (χ1v) is 12.4. The van der Waals surface area contributed by atoms with Crippen molar-refractivity contribution >= 4 is 33.6 Å². The second-order valence-corrected chi connectivity index (χ2v) is 9.72. The predicted octanol–water partition coefficient (Wildman–Crippen LogP) is 6.19. The molecule has 5 aromatic rings. The SMILES string of the molecule is COc1cc2c3oc(=O)c(Sc4ccc(C(F)(F)F)cc4)c(O)c3c(=O)n(Cc3ccc(F)cc3)c2cc1OC. The summed E-state index contributed by atoms with van der Waals surface area (Å²) in [4.78, 5) is 26.6. The Morgan fingerprint density at radius 3 is 2.17 bits per heavy atom. The van der Waals surface area contributed by atoms with Crippen molar-refractivity contribution in [1.29, 1.82) is 0 Å². The molecule has 0 saturated carbocycles. The van der Waals surface area contributed by atoms with Crippen molar-refractivity contribution in [2.75, 3.05) is 14.2 Å². The molecule has 0 saturated heterocycles. The second kappa shape index (κ2) is 10.3. The number of methoxy groups -OCH3 is 2. The minimum absolute atomic E-state index is 0.0407. The van der Waals surface area contributed by atoms with E-state index in [4.69, 9.17) is 13.9 Å². The lowest BCUT2D eigenvalue weighted by Crippen LogP contribution is -2.23. The number of benzene rings is 3. The molecule has 0 amide bonds. The minimum atomic E-state index is -4.55. The number of fused-ring (bicyclic) bond motifs is 3. The molecule has 0 aliphatic heterocycles. The van der Waals surface area contributed by atoms with Crippen LogP contribution in [-0.4, -0.2) is 23.9 Å². The van der Waals surface area contributed by atoms with Crippen molar-refractivity contribution in [2.24, 2.45) is 0 Å². The van der Waals surface area contributed by atoms with Crippen LogP contribution in [-0.2, 0) is 12.7 Å². The number of alkyl halides is 3. The number of aromatic hydroxyl groups is 1. The molecule has 0 spiro atoms. The molecule has 12 heteroatoms.